The van der Waals surface area contributed by atoms with E-state index >= 15 is 0 Å². The topological polar surface area (TPSA) is 69.8 Å². The molecule has 1 atom stereocenters. The van der Waals surface area contributed by atoms with Gasteiger partial charge in [0.25, 0.3) is 0 Å². The normalized spacial score (nSPS) is 19.4. The highest BCUT2D eigenvalue weighted by Crippen LogP contribution is 2.06. The van der Waals surface area contributed by atoms with Crippen molar-refractivity contribution in [2.45, 2.75) is 12.5 Å². The van der Waals surface area contributed by atoms with Crippen LogP contribution in [0.5, 0.6) is 0 Å². The van der Waals surface area contributed by atoms with E-state index in [2.05, 4.69) is 4.90 Å². The summed E-state index contributed by atoms with van der Waals surface area (Å²) in [5.41, 5.74) is 5.87. The Morgan fingerprint density at radius 1 is 1.41 bits per heavy atom. The number of aliphatic hydroxyl groups excluding tert-OH is 1. The number of carbonyl (C=O) groups excluding carboxylic acids is 1. The molecule has 1 aliphatic heterocycles. The fraction of sp³-hybridized carbons (Fsp3) is 0.909. The second-order valence-electron chi connectivity index (χ2n) is 4.28. The Morgan fingerprint density at radius 3 is 2.59 bits per heavy atom. The molecule has 1 rings (SSSR count). The number of hydrogen-bond donors (Lipinski definition) is 2. The molecule has 0 aromatic rings. The molecule has 100 valence electrons. The Kier molecular flexibility index (Phi) is 6.87. The predicted octanol–water partition coefficient (Wildman–Crippen LogP) is -0.797. The van der Waals surface area contributed by atoms with E-state index in [9.17, 15) is 4.79 Å². The van der Waals surface area contributed by atoms with Gasteiger partial charge in [0.05, 0.1) is 12.6 Å². The van der Waals surface area contributed by atoms with Crippen molar-refractivity contribution >= 4 is 17.7 Å². The maximum absolute atomic E-state index is 12.0. The van der Waals surface area contributed by atoms with Crippen molar-refractivity contribution in [1.29, 1.82) is 0 Å². The van der Waals surface area contributed by atoms with E-state index in [1.54, 1.807) is 11.8 Å². The average molecular weight is 261 g/mol. The SMILES string of the molecule is CSCC[C@@H](N)C(=O)N1CCN(CCO)CC1. The van der Waals surface area contributed by atoms with E-state index in [4.69, 9.17) is 10.8 Å². The third-order valence-electron chi connectivity index (χ3n) is 3.05. The molecular weight excluding hydrogens is 238 g/mol. The van der Waals surface area contributed by atoms with E-state index < -0.39 is 0 Å². The quantitative estimate of drug-likeness (QED) is 0.655. The van der Waals surface area contributed by atoms with Gasteiger partial charge >= 0.3 is 0 Å². The number of hydrogen-bond acceptors (Lipinski definition) is 5. The van der Waals surface area contributed by atoms with Crippen molar-refractivity contribution in [3.05, 3.63) is 0 Å². The molecular formula is C11H23N3O2S. The predicted molar refractivity (Wildman–Crippen MR) is 71.1 cm³/mol. The summed E-state index contributed by atoms with van der Waals surface area (Å²) >= 11 is 1.71. The van der Waals surface area contributed by atoms with E-state index in [0.717, 1.165) is 38.4 Å². The number of thioether (sulfide) groups is 1. The first-order valence-electron chi connectivity index (χ1n) is 6.05. The lowest BCUT2D eigenvalue weighted by atomic mass is 10.2. The van der Waals surface area contributed by atoms with Gasteiger partial charge < -0.3 is 15.7 Å². The van der Waals surface area contributed by atoms with Crippen molar-refractivity contribution in [2.75, 3.05) is 51.3 Å². The first kappa shape index (κ1) is 14.8. The first-order valence-corrected chi connectivity index (χ1v) is 7.45. The number of aliphatic hydroxyl groups is 1. The van der Waals surface area contributed by atoms with Crippen LogP contribution in [0.2, 0.25) is 0 Å². The minimum Gasteiger partial charge on any atom is -0.395 e. The van der Waals surface area contributed by atoms with Crippen molar-refractivity contribution < 1.29 is 9.90 Å². The number of nitrogens with zero attached hydrogens (tertiary/aromatic N) is 2. The number of amides is 1. The van der Waals surface area contributed by atoms with Crippen LogP contribution in [0.15, 0.2) is 0 Å². The molecule has 0 aromatic carbocycles. The smallest absolute Gasteiger partial charge is 0.239 e. The largest absolute Gasteiger partial charge is 0.395 e. The van der Waals surface area contributed by atoms with Gasteiger partial charge in [-0.25, -0.2) is 0 Å². The van der Waals surface area contributed by atoms with Crippen LogP contribution in [0.1, 0.15) is 6.42 Å². The van der Waals surface area contributed by atoms with E-state index in [-0.39, 0.29) is 18.6 Å². The molecule has 5 nitrogen and oxygen atoms in total. The Hall–Kier alpha value is -0.300. The molecule has 6 heteroatoms. The molecule has 1 aliphatic rings. The Morgan fingerprint density at radius 2 is 2.06 bits per heavy atom. The molecule has 0 radical (unpaired) electrons. The van der Waals surface area contributed by atoms with Gasteiger partial charge in [-0.2, -0.15) is 11.8 Å². The molecule has 1 saturated heterocycles. The lowest BCUT2D eigenvalue weighted by Crippen LogP contribution is -2.53. The first-order chi connectivity index (χ1) is 8.19. The van der Waals surface area contributed by atoms with E-state index in [1.165, 1.54) is 0 Å². The zero-order chi connectivity index (χ0) is 12.7. The van der Waals surface area contributed by atoms with Crippen LogP contribution >= 0.6 is 11.8 Å². The van der Waals surface area contributed by atoms with Gasteiger partial charge in [-0.05, 0) is 18.4 Å². The summed E-state index contributed by atoms with van der Waals surface area (Å²) in [5.74, 6) is 1.000. The molecule has 0 saturated carbocycles. The molecule has 17 heavy (non-hydrogen) atoms. The molecule has 0 spiro atoms. The van der Waals surface area contributed by atoms with E-state index in [1.807, 2.05) is 11.2 Å². The summed E-state index contributed by atoms with van der Waals surface area (Å²) in [6, 6.07) is -0.355. The van der Waals surface area contributed by atoms with Gasteiger partial charge in [0.2, 0.25) is 5.91 Å². The van der Waals surface area contributed by atoms with Gasteiger partial charge in [-0.1, -0.05) is 0 Å². The number of carbonyl (C=O) groups is 1. The Labute approximate surface area is 107 Å². The van der Waals surface area contributed by atoms with E-state index in [0.29, 0.717) is 6.54 Å². The number of rotatable bonds is 6. The zero-order valence-corrected chi connectivity index (χ0v) is 11.3. The summed E-state index contributed by atoms with van der Waals surface area (Å²) in [7, 11) is 0. The lowest BCUT2D eigenvalue weighted by molar-refractivity contribution is -0.134. The molecule has 3 N–H and O–H groups in total. The van der Waals surface area contributed by atoms with Crippen LogP contribution in [0, 0.1) is 0 Å². The molecule has 0 bridgehead atoms. The number of nitrogens with two attached hydrogens (primary N) is 1. The van der Waals surface area contributed by atoms with Gasteiger partial charge in [0.15, 0.2) is 0 Å². The van der Waals surface area contributed by atoms with Crippen molar-refractivity contribution in [1.82, 2.24) is 9.80 Å². The standard InChI is InChI=1S/C11H23N3O2S/c1-17-9-2-10(12)11(16)14-5-3-13(4-6-14)7-8-15/h10,15H,2-9,12H2,1H3/t10-/m1/s1. The number of β-amino-alcohol motifs (C(OH)–C–C–N with tert-alkyl or cyclic N) is 1. The maximum Gasteiger partial charge on any atom is 0.239 e. The van der Waals surface area contributed by atoms with Gasteiger partial charge in [-0.15, -0.1) is 0 Å². The van der Waals surface area contributed by atoms with Crippen LogP contribution in [0.4, 0.5) is 0 Å². The van der Waals surface area contributed by atoms with Crippen LogP contribution in [-0.4, -0.2) is 78.2 Å². The Bertz CT molecular complexity index is 233. The molecule has 0 aliphatic carbocycles. The molecule has 0 unspecified atom stereocenters. The fourth-order valence-electron chi connectivity index (χ4n) is 1.94. The van der Waals surface area contributed by atoms with Crippen molar-refractivity contribution in [3.8, 4) is 0 Å². The third-order valence-corrected chi connectivity index (χ3v) is 3.69. The second kappa shape index (κ2) is 7.92. The maximum atomic E-state index is 12.0. The lowest BCUT2D eigenvalue weighted by Gasteiger charge is -2.35. The monoisotopic (exact) mass is 261 g/mol. The Balaban J connectivity index is 2.30. The zero-order valence-electron chi connectivity index (χ0n) is 10.5. The summed E-state index contributed by atoms with van der Waals surface area (Å²) in [4.78, 5) is 16.0. The van der Waals surface area contributed by atoms with Crippen LogP contribution in [-0.2, 0) is 4.79 Å². The highest BCUT2D eigenvalue weighted by Gasteiger charge is 2.24. The highest BCUT2D eigenvalue weighted by molar-refractivity contribution is 7.98. The summed E-state index contributed by atoms with van der Waals surface area (Å²) in [6.07, 6.45) is 2.77. The van der Waals surface area contributed by atoms with Gasteiger partial charge in [0, 0.05) is 32.7 Å². The molecule has 0 aromatic heterocycles. The van der Waals surface area contributed by atoms with Crippen LogP contribution < -0.4 is 5.73 Å². The second-order valence-corrected chi connectivity index (χ2v) is 5.26. The van der Waals surface area contributed by atoms with Crippen molar-refractivity contribution in [3.63, 3.8) is 0 Å². The van der Waals surface area contributed by atoms with Crippen molar-refractivity contribution in [2.24, 2.45) is 5.73 Å². The third kappa shape index (κ3) is 4.83. The minimum absolute atomic E-state index is 0.0719. The minimum atomic E-state index is -0.355. The summed E-state index contributed by atoms with van der Waals surface area (Å²) in [5, 5.41) is 8.83. The summed E-state index contributed by atoms with van der Waals surface area (Å²) in [6.45, 7) is 4.00. The molecule has 1 fully saturated rings. The van der Waals surface area contributed by atoms with Gasteiger partial charge in [0.1, 0.15) is 0 Å². The van der Waals surface area contributed by atoms with Crippen LogP contribution in [0.3, 0.4) is 0 Å². The molecule has 1 amide bonds. The van der Waals surface area contributed by atoms with Crippen LogP contribution in [0.25, 0.3) is 0 Å². The fourth-order valence-corrected chi connectivity index (χ4v) is 2.43. The summed E-state index contributed by atoms with van der Waals surface area (Å²) < 4.78 is 0. The molecule has 1 heterocycles. The van der Waals surface area contributed by atoms with Gasteiger partial charge in [-0.3, -0.25) is 9.69 Å². The average Bonchev–Trinajstić information content (AvgIpc) is 2.36. The highest BCUT2D eigenvalue weighted by atomic mass is 32.2. The number of piperazine rings is 1.